The minimum Gasteiger partial charge on any atom is -0.370 e. The van der Waals surface area contributed by atoms with Crippen LogP contribution in [-0.2, 0) is 22.4 Å². The van der Waals surface area contributed by atoms with E-state index >= 15 is 0 Å². The lowest BCUT2D eigenvalue weighted by Crippen LogP contribution is -2.35. The van der Waals surface area contributed by atoms with E-state index in [2.05, 4.69) is 22.2 Å². The molecule has 0 radical (unpaired) electrons. The lowest BCUT2D eigenvalue weighted by Gasteiger charge is -2.31. The van der Waals surface area contributed by atoms with E-state index < -0.39 is 5.76 Å². The predicted octanol–water partition coefficient (Wildman–Crippen LogP) is 5.14. The summed E-state index contributed by atoms with van der Waals surface area (Å²) in [5.41, 5.74) is 6.23. The molecule has 10 nitrogen and oxygen atoms in total. The molecule has 43 heavy (non-hydrogen) atoms. The normalized spacial score (nSPS) is 17.0. The molecule has 1 N–H and O–H groups in total. The number of Topliss-reactive ketones (excluding diaryl/α,β-unsaturated/α-hetero) is 1. The first-order valence-corrected chi connectivity index (χ1v) is 14.9. The zero-order chi connectivity index (χ0) is 29.9. The van der Waals surface area contributed by atoms with Gasteiger partial charge in [0.05, 0.1) is 18.0 Å². The number of carbonyl (C=O) groups is 1. The van der Waals surface area contributed by atoms with E-state index in [4.69, 9.17) is 9.26 Å². The van der Waals surface area contributed by atoms with E-state index in [1.807, 2.05) is 63.7 Å². The molecule has 0 bridgehead atoms. The fourth-order valence-corrected chi connectivity index (χ4v) is 6.21. The van der Waals surface area contributed by atoms with Crippen molar-refractivity contribution in [3.63, 3.8) is 0 Å². The van der Waals surface area contributed by atoms with Gasteiger partial charge < -0.3 is 4.74 Å². The molecule has 0 spiro atoms. The van der Waals surface area contributed by atoms with Crippen LogP contribution >= 0.6 is 0 Å². The van der Waals surface area contributed by atoms with Crippen molar-refractivity contribution in [1.82, 2.24) is 24.3 Å². The number of H-pyrrole nitrogens is 1. The van der Waals surface area contributed by atoms with Gasteiger partial charge in [-0.3, -0.25) is 23.7 Å². The first-order chi connectivity index (χ1) is 20.9. The first kappa shape index (κ1) is 28.5. The molecule has 1 aliphatic carbocycles. The molecule has 10 heteroatoms. The summed E-state index contributed by atoms with van der Waals surface area (Å²) >= 11 is 0. The third-order valence-electron chi connectivity index (χ3n) is 8.24. The van der Waals surface area contributed by atoms with Gasteiger partial charge in [0.1, 0.15) is 12.3 Å². The zero-order valence-corrected chi connectivity index (χ0v) is 24.4. The summed E-state index contributed by atoms with van der Waals surface area (Å²) in [6, 6.07) is 17.8. The molecular formula is C33H35N5O5. The summed E-state index contributed by atoms with van der Waals surface area (Å²) < 4.78 is 14.4. The zero-order valence-electron chi connectivity index (χ0n) is 24.4. The van der Waals surface area contributed by atoms with Crippen molar-refractivity contribution in [3.05, 3.63) is 98.5 Å². The molecule has 0 aliphatic heterocycles. The number of benzene rings is 2. The van der Waals surface area contributed by atoms with Crippen molar-refractivity contribution in [3.8, 4) is 22.5 Å². The number of aromatic amines is 1. The topological polar surface area (TPSA) is 124 Å². The lowest BCUT2D eigenvalue weighted by atomic mass is 9.92. The smallest absolute Gasteiger partial charge is 0.370 e. The maximum absolute atomic E-state index is 14.3. The highest BCUT2D eigenvalue weighted by Gasteiger charge is 2.27. The summed E-state index contributed by atoms with van der Waals surface area (Å²) in [4.78, 5) is 39.8. The molecule has 0 atom stereocenters. The summed E-state index contributed by atoms with van der Waals surface area (Å²) in [7, 11) is 0. The fourth-order valence-electron chi connectivity index (χ4n) is 6.21. The third-order valence-corrected chi connectivity index (χ3v) is 8.24. The first-order valence-electron chi connectivity index (χ1n) is 14.9. The molecule has 6 rings (SSSR count). The number of rotatable bonds is 10. The summed E-state index contributed by atoms with van der Waals surface area (Å²) in [5, 5.41) is 8.51. The Morgan fingerprint density at radius 2 is 1.77 bits per heavy atom. The Hall–Kier alpha value is -4.57. The number of carbonyl (C=O) groups excluding carboxylic acids is 1. The van der Waals surface area contributed by atoms with E-state index in [0.29, 0.717) is 12.2 Å². The maximum atomic E-state index is 14.3. The minimum absolute atomic E-state index is 0.0269. The van der Waals surface area contributed by atoms with Crippen LogP contribution in [0.3, 0.4) is 0 Å². The van der Waals surface area contributed by atoms with Crippen LogP contribution in [-0.4, -0.2) is 42.8 Å². The standard InChI is InChI=1S/C33H35N5O5/c1-3-6-29-28(19-22-9-11-23(12-10-22)26-7-4-5-8-27(26)31-35-33(41)43-36-31)32(40)37(30-17-18-34-38(29)30)24-13-15-25(16-14-24)42-20-21(2)39/h4-5,7-12,17-18,24-25H,3,6,13-16,19-20H2,1-2H3,(H,35,36,41). The van der Waals surface area contributed by atoms with Gasteiger partial charge in [-0.15, -0.1) is 0 Å². The molecule has 0 amide bonds. The van der Waals surface area contributed by atoms with Gasteiger partial charge in [0, 0.05) is 29.7 Å². The molecule has 1 aliphatic rings. The van der Waals surface area contributed by atoms with Crippen LogP contribution in [0.25, 0.3) is 28.2 Å². The van der Waals surface area contributed by atoms with Gasteiger partial charge in [-0.1, -0.05) is 67.0 Å². The maximum Gasteiger partial charge on any atom is 0.439 e. The highest BCUT2D eigenvalue weighted by molar-refractivity contribution is 5.80. The van der Waals surface area contributed by atoms with Gasteiger partial charge in [-0.05, 0) is 55.7 Å². The van der Waals surface area contributed by atoms with Crippen LogP contribution in [0.5, 0.6) is 0 Å². The molecule has 222 valence electrons. The van der Waals surface area contributed by atoms with Crippen molar-refractivity contribution in [2.75, 3.05) is 6.61 Å². The van der Waals surface area contributed by atoms with Gasteiger partial charge >= 0.3 is 5.76 Å². The Bertz CT molecular complexity index is 1860. The van der Waals surface area contributed by atoms with Crippen molar-refractivity contribution in [2.45, 2.75) is 70.9 Å². The molecule has 3 aromatic heterocycles. The second-order valence-corrected chi connectivity index (χ2v) is 11.3. The molecule has 5 aromatic rings. The molecule has 3 heterocycles. The molecule has 2 aromatic carbocycles. The molecule has 1 saturated carbocycles. The Labute approximate surface area is 248 Å². The van der Waals surface area contributed by atoms with Crippen molar-refractivity contribution in [1.29, 1.82) is 0 Å². The Kier molecular flexibility index (Phi) is 8.20. The SMILES string of the molecule is CCCc1c(Cc2ccc(-c3ccccc3-c3noc(=O)[nH]3)cc2)c(=O)n(C2CCC(OCC(C)=O)CC2)c2ccnn12. The lowest BCUT2D eigenvalue weighted by molar-refractivity contribution is -0.124. The highest BCUT2D eigenvalue weighted by atomic mass is 16.5. The van der Waals surface area contributed by atoms with Crippen LogP contribution in [0.15, 0.2) is 74.9 Å². The van der Waals surface area contributed by atoms with Gasteiger partial charge in [0.25, 0.3) is 5.56 Å². The largest absolute Gasteiger partial charge is 0.439 e. The van der Waals surface area contributed by atoms with E-state index in [1.165, 1.54) is 6.92 Å². The number of nitrogens with one attached hydrogen (secondary N) is 1. The Morgan fingerprint density at radius 1 is 1.02 bits per heavy atom. The van der Waals surface area contributed by atoms with Crippen molar-refractivity contribution < 1.29 is 14.1 Å². The van der Waals surface area contributed by atoms with Crippen LogP contribution in [0, 0.1) is 0 Å². The second-order valence-electron chi connectivity index (χ2n) is 11.3. The van der Waals surface area contributed by atoms with Crippen LogP contribution < -0.4 is 11.3 Å². The summed E-state index contributed by atoms with van der Waals surface area (Å²) in [6.45, 7) is 3.79. The van der Waals surface area contributed by atoms with Crippen LogP contribution in [0.2, 0.25) is 0 Å². The number of hydrogen-bond donors (Lipinski definition) is 1. The van der Waals surface area contributed by atoms with E-state index in [1.54, 1.807) is 6.20 Å². The number of aromatic nitrogens is 5. The Balaban J connectivity index is 1.32. The van der Waals surface area contributed by atoms with Crippen LogP contribution in [0.1, 0.15) is 68.8 Å². The molecular weight excluding hydrogens is 546 g/mol. The monoisotopic (exact) mass is 581 g/mol. The quantitative estimate of drug-likeness (QED) is 0.242. The van der Waals surface area contributed by atoms with E-state index in [-0.39, 0.29) is 30.1 Å². The number of ketones is 1. The number of nitrogens with zero attached hydrogens (tertiary/aromatic N) is 4. The second kappa shape index (κ2) is 12.3. The number of hydrogen-bond acceptors (Lipinski definition) is 7. The van der Waals surface area contributed by atoms with Crippen LogP contribution in [0.4, 0.5) is 0 Å². The molecule has 0 saturated heterocycles. The molecule has 1 fully saturated rings. The fraction of sp³-hybridized carbons (Fsp3) is 0.364. The third kappa shape index (κ3) is 5.87. The number of fused-ring (bicyclic) bond motifs is 1. The average molecular weight is 582 g/mol. The predicted molar refractivity (Wildman–Crippen MR) is 162 cm³/mol. The summed E-state index contributed by atoms with van der Waals surface area (Å²) in [6.07, 6.45) is 7.17. The average Bonchev–Trinajstić information content (AvgIpc) is 3.68. The summed E-state index contributed by atoms with van der Waals surface area (Å²) in [5.74, 6) is -0.197. The Morgan fingerprint density at radius 3 is 2.44 bits per heavy atom. The van der Waals surface area contributed by atoms with Crippen molar-refractivity contribution in [2.24, 2.45) is 0 Å². The molecule has 0 unspecified atom stereocenters. The van der Waals surface area contributed by atoms with Gasteiger partial charge in [0.15, 0.2) is 11.6 Å². The van der Waals surface area contributed by atoms with E-state index in [0.717, 1.165) is 77.7 Å². The van der Waals surface area contributed by atoms with Gasteiger partial charge in [0.2, 0.25) is 0 Å². The van der Waals surface area contributed by atoms with Gasteiger partial charge in [-0.2, -0.15) is 5.10 Å². The van der Waals surface area contributed by atoms with E-state index in [9.17, 15) is 14.4 Å². The number of ether oxygens (including phenoxy) is 1. The highest BCUT2D eigenvalue weighted by Crippen LogP contribution is 2.32. The minimum atomic E-state index is -0.600. The van der Waals surface area contributed by atoms with Gasteiger partial charge in [-0.25, -0.2) is 9.31 Å². The number of aryl methyl sites for hydroxylation is 1. The van der Waals surface area contributed by atoms with Crippen molar-refractivity contribution >= 4 is 11.4 Å².